The summed E-state index contributed by atoms with van der Waals surface area (Å²) in [6.07, 6.45) is 2.64. The molecular weight excluding hydrogens is 180 g/mol. The molecule has 1 saturated carbocycles. The molecule has 1 unspecified atom stereocenters. The number of carbonyl (C=O) groups excluding carboxylic acids is 1. The SMILES string of the molecule is CCC(CN)CC(=O)NC1CC(O)C1. The van der Waals surface area contributed by atoms with Gasteiger partial charge < -0.3 is 16.2 Å². The maximum absolute atomic E-state index is 11.4. The first kappa shape index (κ1) is 11.5. The molecule has 4 N–H and O–H groups in total. The summed E-state index contributed by atoms with van der Waals surface area (Å²) in [4.78, 5) is 11.4. The highest BCUT2D eigenvalue weighted by Gasteiger charge is 2.28. The zero-order valence-electron chi connectivity index (χ0n) is 8.70. The second kappa shape index (κ2) is 5.32. The summed E-state index contributed by atoms with van der Waals surface area (Å²) in [5, 5.41) is 11.9. The minimum Gasteiger partial charge on any atom is -0.393 e. The average molecular weight is 200 g/mol. The highest BCUT2D eigenvalue weighted by Crippen LogP contribution is 2.19. The number of carbonyl (C=O) groups is 1. The van der Waals surface area contributed by atoms with Gasteiger partial charge in [-0.2, -0.15) is 0 Å². The minimum absolute atomic E-state index is 0.0687. The fraction of sp³-hybridized carbons (Fsp3) is 0.900. The third-order valence-corrected chi connectivity index (χ3v) is 2.86. The fourth-order valence-corrected chi connectivity index (χ4v) is 1.65. The van der Waals surface area contributed by atoms with Gasteiger partial charge in [-0.25, -0.2) is 0 Å². The van der Waals surface area contributed by atoms with Gasteiger partial charge in [-0.3, -0.25) is 4.79 Å². The van der Waals surface area contributed by atoms with Crippen LogP contribution >= 0.6 is 0 Å². The van der Waals surface area contributed by atoms with Crippen LogP contribution in [0.5, 0.6) is 0 Å². The molecule has 1 atom stereocenters. The summed E-state index contributed by atoms with van der Waals surface area (Å²) in [6.45, 7) is 2.61. The van der Waals surface area contributed by atoms with E-state index in [4.69, 9.17) is 10.8 Å². The van der Waals surface area contributed by atoms with E-state index in [1.54, 1.807) is 0 Å². The van der Waals surface area contributed by atoms with E-state index in [9.17, 15) is 4.79 Å². The van der Waals surface area contributed by atoms with Crippen molar-refractivity contribution in [2.24, 2.45) is 11.7 Å². The lowest BCUT2D eigenvalue weighted by atomic mass is 9.89. The van der Waals surface area contributed by atoms with Crippen LogP contribution in [0.2, 0.25) is 0 Å². The Labute approximate surface area is 84.9 Å². The Bertz CT molecular complexity index is 187. The third kappa shape index (κ3) is 3.27. The van der Waals surface area contributed by atoms with Crippen LogP contribution in [0.1, 0.15) is 32.6 Å². The monoisotopic (exact) mass is 200 g/mol. The Morgan fingerprint density at radius 1 is 1.64 bits per heavy atom. The zero-order valence-corrected chi connectivity index (χ0v) is 8.70. The zero-order chi connectivity index (χ0) is 10.6. The van der Waals surface area contributed by atoms with E-state index < -0.39 is 0 Å². The minimum atomic E-state index is -0.211. The molecule has 1 amide bonds. The van der Waals surface area contributed by atoms with Crippen molar-refractivity contribution in [3.8, 4) is 0 Å². The molecule has 0 bridgehead atoms. The van der Waals surface area contributed by atoms with Crippen molar-refractivity contribution in [3.63, 3.8) is 0 Å². The first-order valence-electron chi connectivity index (χ1n) is 5.33. The lowest BCUT2D eigenvalue weighted by Crippen LogP contribution is -2.47. The third-order valence-electron chi connectivity index (χ3n) is 2.86. The maximum atomic E-state index is 11.4. The number of aliphatic hydroxyl groups is 1. The van der Waals surface area contributed by atoms with Gasteiger partial charge in [0.2, 0.25) is 5.91 Å². The largest absolute Gasteiger partial charge is 0.393 e. The van der Waals surface area contributed by atoms with E-state index in [1.807, 2.05) is 6.92 Å². The number of amides is 1. The predicted octanol–water partition coefficient (Wildman–Crippen LogP) is 0.000900. The van der Waals surface area contributed by atoms with Crippen LogP contribution in [0.25, 0.3) is 0 Å². The van der Waals surface area contributed by atoms with Crippen LogP contribution in [0.3, 0.4) is 0 Å². The summed E-state index contributed by atoms with van der Waals surface area (Å²) < 4.78 is 0. The lowest BCUT2D eigenvalue weighted by molar-refractivity contribution is -0.124. The van der Waals surface area contributed by atoms with E-state index in [0.717, 1.165) is 6.42 Å². The molecular formula is C10H20N2O2. The van der Waals surface area contributed by atoms with Crippen molar-refractivity contribution in [2.75, 3.05) is 6.54 Å². The topological polar surface area (TPSA) is 75.4 Å². The number of hydrogen-bond donors (Lipinski definition) is 3. The van der Waals surface area contributed by atoms with Crippen molar-refractivity contribution >= 4 is 5.91 Å². The molecule has 14 heavy (non-hydrogen) atoms. The average Bonchev–Trinajstić information content (AvgIpc) is 2.11. The van der Waals surface area contributed by atoms with Gasteiger partial charge >= 0.3 is 0 Å². The fourth-order valence-electron chi connectivity index (χ4n) is 1.65. The van der Waals surface area contributed by atoms with Crippen molar-refractivity contribution in [3.05, 3.63) is 0 Å². The molecule has 0 aromatic rings. The van der Waals surface area contributed by atoms with Gasteiger partial charge in [0.15, 0.2) is 0 Å². The van der Waals surface area contributed by atoms with Crippen molar-refractivity contribution in [2.45, 2.75) is 44.8 Å². The van der Waals surface area contributed by atoms with Crippen LogP contribution in [0.15, 0.2) is 0 Å². The Hall–Kier alpha value is -0.610. The summed E-state index contributed by atoms with van der Waals surface area (Å²) in [6, 6.07) is 0.188. The number of rotatable bonds is 5. The number of nitrogens with two attached hydrogens (primary N) is 1. The van der Waals surface area contributed by atoms with Gasteiger partial charge in [0.25, 0.3) is 0 Å². The second-order valence-corrected chi connectivity index (χ2v) is 4.10. The molecule has 1 rings (SSSR count). The van der Waals surface area contributed by atoms with Gasteiger partial charge in [-0.05, 0) is 25.3 Å². The van der Waals surface area contributed by atoms with E-state index in [1.165, 1.54) is 0 Å². The number of aliphatic hydroxyl groups excluding tert-OH is 1. The summed E-state index contributed by atoms with van der Waals surface area (Å²) in [7, 11) is 0. The molecule has 4 heteroatoms. The van der Waals surface area contributed by atoms with Crippen LogP contribution in [0, 0.1) is 5.92 Å². The van der Waals surface area contributed by atoms with Gasteiger partial charge in [0, 0.05) is 12.5 Å². The Balaban J connectivity index is 2.15. The molecule has 0 aliphatic heterocycles. The van der Waals surface area contributed by atoms with Crippen LogP contribution in [-0.4, -0.2) is 29.7 Å². The molecule has 0 radical (unpaired) electrons. The van der Waals surface area contributed by atoms with Crippen molar-refractivity contribution in [1.82, 2.24) is 5.32 Å². The van der Waals surface area contributed by atoms with Crippen LogP contribution in [0.4, 0.5) is 0 Å². The van der Waals surface area contributed by atoms with E-state index in [-0.39, 0.29) is 18.1 Å². The highest BCUT2D eigenvalue weighted by molar-refractivity contribution is 5.76. The Morgan fingerprint density at radius 2 is 2.29 bits per heavy atom. The molecule has 0 saturated heterocycles. The number of nitrogens with one attached hydrogen (secondary N) is 1. The molecule has 0 aromatic heterocycles. The molecule has 0 aromatic carbocycles. The molecule has 1 fully saturated rings. The van der Waals surface area contributed by atoms with Crippen molar-refractivity contribution in [1.29, 1.82) is 0 Å². The quantitative estimate of drug-likeness (QED) is 0.585. The standard InChI is InChI=1S/C10H20N2O2/c1-2-7(6-11)3-10(14)12-8-4-9(13)5-8/h7-9,13H,2-6,11H2,1H3,(H,12,14). The molecule has 0 spiro atoms. The van der Waals surface area contributed by atoms with Crippen molar-refractivity contribution < 1.29 is 9.90 Å². The normalized spacial score (nSPS) is 27.9. The molecule has 82 valence electrons. The van der Waals surface area contributed by atoms with E-state index >= 15 is 0 Å². The van der Waals surface area contributed by atoms with Gasteiger partial charge in [-0.1, -0.05) is 13.3 Å². The smallest absolute Gasteiger partial charge is 0.220 e. The predicted molar refractivity (Wildman–Crippen MR) is 54.6 cm³/mol. The highest BCUT2D eigenvalue weighted by atomic mass is 16.3. The van der Waals surface area contributed by atoms with Crippen LogP contribution in [-0.2, 0) is 4.79 Å². The van der Waals surface area contributed by atoms with Gasteiger partial charge in [-0.15, -0.1) is 0 Å². The van der Waals surface area contributed by atoms with Gasteiger partial charge in [0.1, 0.15) is 0 Å². The first-order chi connectivity index (χ1) is 6.65. The van der Waals surface area contributed by atoms with E-state index in [2.05, 4.69) is 5.32 Å². The lowest BCUT2D eigenvalue weighted by Gasteiger charge is -2.32. The molecule has 1 aliphatic rings. The molecule has 1 aliphatic carbocycles. The summed E-state index contributed by atoms with van der Waals surface area (Å²) >= 11 is 0. The van der Waals surface area contributed by atoms with Crippen LogP contribution < -0.4 is 11.1 Å². The first-order valence-corrected chi connectivity index (χ1v) is 5.33. The summed E-state index contributed by atoms with van der Waals surface area (Å²) in [5.41, 5.74) is 5.51. The number of hydrogen-bond acceptors (Lipinski definition) is 3. The van der Waals surface area contributed by atoms with Gasteiger partial charge in [0.05, 0.1) is 6.10 Å². The summed E-state index contributed by atoms with van der Waals surface area (Å²) in [5.74, 6) is 0.360. The Kier molecular flexibility index (Phi) is 4.35. The second-order valence-electron chi connectivity index (χ2n) is 4.10. The van der Waals surface area contributed by atoms with E-state index in [0.29, 0.717) is 31.7 Å². The Morgan fingerprint density at radius 3 is 2.71 bits per heavy atom. The molecule has 4 nitrogen and oxygen atoms in total. The molecule has 0 heterocycles. The maximum Gasteiger partial charge on any atom is 0.220 e.